The van der Waals surface area contributed by atoms with Crippen LogP contribution in [0.2, 0.25) is 0 Å². The van der Waals surface area contributed by atoms with E-state index in [1.165, 1.54) is 10.5 Å². The van der Waals surface area contributed by atoms with Crippen LogP contribution in [0.25, 0.3) is 0 Å². The standard InChI is InChI=1S/C22H29N3O2S/c1-16(2)24-10-5-11-25(13-12-24)22(26)18-6-9-21(23-15-18)27-19-7-8-20(28-4)17(3)14-19/h6-9,14-16H,5,10-13H2,1-4H3. The highest BCUT2D eigenvalue weighted by molar-refractivity contribution is 7.98. The Morgan fingerprint density at radius 1 is 1.14 bits per heavy atom. The summed E-state index contributed by atoms with van der Waals surface area (Å²) in [6.07, 6.45) is 4.68. The van der Waals surface area contributed by atoms with Crippen LogP contribution in [0.1, 0.15) is 36.2 Å². The maximum absolute atomic E-state index is 12.8. The Hall–Kier alpha value is -2.05. The second-order valence-electron chi connectivity index (χ2n) is 7.39. The number of ether oxygens (including phenoxy) is 1. The predicted molar refractivity (Wildman–Crippen MR) is 115 cm³/mol. The smallest absolute Gasteiger partial charge is 0.255 e. The molecule has 2 aromatic rings. The monoisotopic (exact) mass is 399 g/mol. The summed E-state index contributed by atoms with van der Waals surface area (Å²) in [5.41, 5.74) is 1.78. The van der Waals surface area contributed by atoms with Crippen molar-refractivity contribution in [3.8, 4) is 11.6 Å². The SMILES string of the molecule is CSc1ccc(Oc2ccc(C(=O)N3CCCN(C(C)C)CC3)cn2)cc1C. The van der Waals surface area contributed by atoms with Gasteiger partial charge in [-0.25, -0.2) is 4.98 Å². The van der Waals surface area contributed by atoms with E-state index in [0.29, 0.717) is 17.5 Å². The minimum atomic E-state index is 0.0461. The van der Waals surface area contributed by atoms with Gasteiger partial charge in [0.15, 0.2) is 0 Å². The lowest BCUT2D eigenvalue weighted by Crippen LogP contribution is -2.37. The van der Waals surface area contributed by atoms with Crippen LogP contribution in [-0.4, -0.2) is 59.2 Å². The summed E-state index contributed by atoms with van der Waals surface area (Å²) >= 11 is 1.72. The van der Waals surface area contributed by atoms with E-state index in [4.69, 9.17) is 4.74 Å². The van der Waals surface area contributed by atoms with Crippen molar-refractivity contribution in [1.29, 1.82) is 0 Å². The number of thioether (sulfide) groups is 1. The van der Waals surface area contributed by atoms with Gasteiger partial charge < -0.3 is 9.64 Å². The van der Waals surface area contributed by atoms with Crippen LogP contribution < -0.4 is 4.74 Å². The van der Waals surface area contributed by atoms with Crippen LogP contribution >= 0.6 is 11.8 Å². The summed E-state index contributed by atoms with van der Waals surface area (Å²) in [4.78, 5) is 22.8. The summed E-state index contributed by atoms with van der Waals surface area (Å²) in [7, 11) is 0. The van der Waals surface area contributed by atoms with Crippen molar-refractivity contribution in [2.45, 2.75) is 38.1 Å². The fourth-order valence-electron chi connectivity index (χ4n) is 3.44. The van der Waals surface area contributed by atoms with Crippen LogP contribution in [0.5, 0.6) is 11.6 Å². The van der Waals surface area contributed by atoms with Crippen molar-refractivity contribution in [3.63, 3.8) is 0 Å². The Labute approximate surface area is 172 Å². The second-order valence-corrected chi connectivity index (χ2v) is 8.24. The number of carbonyl (C=O) groups is 1. The topological polar surface area (TPSA) is 45.7 Å². The zero-order chi connectivity index (χ0) is 20.1. The van der Waals surface area contributed by atoms with E-state index in [2.05, 4.69) is 36.9 Å². The lowest BCUT2D eigenvalue weighted by Gasteiger charge is -2.24. The highest BCUT2D eigenvalue weighted by atomic mass is 32.2. The van der Waals surface area contributed by atoms with Crippen molar-refractivity contribution in [2.24, 2.45) is 0 Å². The fourth-order valence-corrected chi connectivity index (χ4v) is 4.03. The summed E-state index contributed by atoms with van der Waals surface area (Å²) in [5.74, 6) is 1.29. The quantitative estimate of drug-likeness (QED) is 0.695. The van der Waals surface area contributed by atoms with Crippen molar-refractivity contribution in [3.05, 3.63) is 47.7 Å². The van der Waals surface area contributed by atoms with Gasteiger partial charge in [0.25, 0.3) is 5.91 Å². The van der Waals surface area contributed by atoms with E-state index in [-0.39, 0.29) is 5.91 Å². The summed E-state index contributed by atoms with van der Waals surface area (Å²) in [5, 5.41) is 0. The first-order valence-electron chi connectivity index (χ1n) is 9.80. The number of nitrogens with zero attached hydrogens (tertiary/aromatic N) is 3. The Balaban J connectivity index is 1.63. The van der Waals surface area contributed by atoms with Crippen LogP contribution in [-0.2, 0) is 0 Å². The summed E-state index contributed by atoms with van der Waals surface area (Å²) in [6, 6.07) is 10.1. The van der Waals surface area contributed by atoms with Crippen molar-refractivity contribution >= 4 is 17.7 Å². The number of aryl methyl sites for hydroxylation is 1. The largest absolute Gasteiger partial charge is 0.439 e. The van der Waals surface area contributed by atoms with Gasteiger partial charge in [-0.2, -0.15) is 0 Å². The molecule has 5 nitrogen and oxygen atoms in total. The molecule has 28 heavy (non-hydrogen) atoms. The molecule has 0 bridgehead atoms. The molecule has 0 spiro atoms. The van der Waals surface area contributed by atoms with E-state index in [1.54, 1.807) is 30.1 Å². The van der Waals surface area contributed by atoms with Crippen LogP contribution in [0.4, 0.5) is 0 Å². The Morgan fingerprint density at radius 3 is 2.61 bits per heavy atom. The first-order chi connectivity index (χ1) is 13.5. The van der Waals surface area contributed by atoms with Gasteiger partial charge in [0, 0.05) is 49.4 Å². The van der Waals surface area contributed by atoms with Gasteiger partial charge in [-0.15, -0.1) is 11.8 Å². The summed E-state index contributed by atoms with van der Waals surface area (Å²) < 4.78 is 5.85. The fraction of sp³-hybridized carbons (Fsp3) is 0.455. The average molecular weight is 400 g/mol. The number of rotatable bonds is 5. The average Bonchev–Trinajstić information content (AvgIpc) is 2.95. The molecule has 1 fully saturated rings. The van der Waals surface area contributed by atoms with Gasteiger partial charge >= 0.3 is 0 Å². The molecule has 0 aliphatic carbocycles. The van der Waals surface area contributed by atoms with Crippen molar-refractivity contribution < 1.29 is 9.53 Å². The van der Waals surface area contributed by atoms with Crippen molar-refractivity contribution in [1.82, 2.24) is 14.8 Å². The van der Waals surface area contributed by atoms with Gasteiger partial charge in [-0.1, -0.05) is 0 Å². The molecule has 6 heteroatoms. The van der Waals surface area contributed by atoms with E-state index in [1.807, 2.05) is 23.1 Å². The molecule has 150 valence electrons. The molecule has 0 radical (unpaired) electrons. The molecule has 0 unspecified atom stereocenters. The van der Waals surface area contributed by atoms with E-state index >= 15 is 0 Å². The molecule has 1 amide bonds. The number of pyridine rings is 1. The number of aromatic nitrogens is 1. The first-order valence-corrected chi connectivity index (χ1v) is 11.0. The number of benzene rings is 1. The molecule has 0 N–H and O–H groups in total. The lowest BCUT2D eigenvalue weighted by atomic mass is 10.2. The molecule has 3 rings (SSSR count). The van der Waals surface area contributed by atoms with Crippen LogP contribution in [0.3, 0.4) is 0 Å². The van der Waals surface area contributed by atoms with Crippen molar-refractivity contribution in [2.75, 3.05) is 32.4 Å². The van der Waals surface area contributed by atoms with Crippen LogP contribution in [0.15, 0.2) is 41.4 Å². The molecular weight excluding hydrogens is 370 g/mol. The maximum atomic E-state index is 12.8. The zero-order valence-electron chi connectivity index (χ0n) is 17.1. The van der Waals surface area contributed by atoms with E-state index in [9.17, 15) is 4.79 Å². The van der Waals surface area contributed by atoms with E-state index < -0.39 is 0 Å². The third-order valence-corrected chi connectivity index (χ3v) is 6.02. The molecule has 0 saturated carbocycles. The zero-order valence-corrected chi connectivity index (χ0v) is 18.0. The highest BCUT2D eigenvalue weighted by Gasteiger charge is 2.21. The van der Waals surface area contributed by atoms with Gasteiger partial charge in [-0.05, 0) is 63.3 Å². The Kier molecular flexibility index (Phi) is 6.97. The second kappa shape index (κ2) is 9.43. The Bertz CT molecular complexity index is 808. The number of hydrogen-bond donors (Lipinski definition) is 0. The minimum Gasteiger partial charge on any atom is -0.439 e. The molecular formula is C22H29N3O2S. The molecule has 1 aliphatic heterocycles. The maximum Gasteiger partial charge on any atom is 0.255 e. The van der Waals surface area contributed by atoms with Gasteiger partial charge in [0.1, 0.15) is 5.75 Å². The van der Waals surface area contributed by atoms with E-state index in [0.717, 1.165) is 38.3 Å². The van der Waals surface area contributed by atoms with Gasteiger partial charge in [0.2, 0.25) is 5.88 Å². The van der Waals surface area contributed by atoms with Gasteiger partial charge in [0.05, 0.1) is 5.56 Å². The molecule has 1 aromatic heterocycles. The predicted octanol–water partition coefficient (Wildman–Crippen LogP) is 4.46. The molecule has 1 aromatic carbocycles. The number of carbonyl (C=O) groups excluding carboxylic acids is 1. The highest BCUT2D eigenvalue weighted by Crippen LogP contribution is 2.27. The Morgan fingerprint density at radius 2 is 1.96 bits per heavy atom. The minimum absolute atomic E-state index is 0.0461. The third kappa shape index (κ3) is 5.06. The lowest BCUT2D eigenvalue weighted by molar-refractivity contribution is 0.0759. The first kappa shape index (κ1) is 20.7. The molecule has 0 atom stereocenters. The third-order valence-electron chi connectivity index (χ3n) is 5.12. The number of amides is 1. The van der Waals surface area contributed by atoms with Gasteiger partial charge in [-0.3, -0.25) is 9.69 Å². The van der Waals surface area contributed by atoms with Crippen LogP contribution in [0, 0.1) is 6.92 Å². The summed E-state index contributed by atoms with van der Waals surface area (Å²) in [6.45, 7) is 9.99. The molecule has 2 heterocycles. The normalized spacial score (nSPS) is 15.5. The molecule has 1 aliphatic rings. The molecule has 1 saturated heterocycles. The number of hydrogen-bond acceptors (Lipinski definition) is 5.